The first-order chi connectivity index (χ1) is 14.2. The molecule has 0 radical (unpaired) electrons. The van der Waals surface area contributed by atoms with Crippen molar-refractivity contribution in [1.82, 2.24) is 14.7 Å². The van der Waals surface area contributed by atoms with Gasteiger partial charge in [0.25, 0.3) is 5.91 Å². The number of rotatable bonds is 7. The predicted octanol–water partition coefficient (Wildman–Crippen LogP) is 4.17. The van der Waals surface area contributed by atoms with Gasteiger partial charge in [0, 0.05) is 42.8 Å². The van der Waals surface area contributed by atoms with Gasteiger partial charge < -0.3 is 15.0 Å². The number of nitrogens with zero attached hydrogens (tertiary/aromatic N) is 2. The number of pyridine rings is 1. The van der Waals surface area contributed by atoms with Gasteiger partial charge in [-0.05, 0) is 54.3 Å². The van der Waals surface area contributed by atoms with E-state index in [1.807, 2.05) is 28.9 Å². The monoisotopic (exact) mass is 390 g/mol. The van der Waals surface area contributed by atoms with Crippen LogP contribution in [0.2, 0.25) is 0 Å². The second-order valence-corrected chi connectivity index (χ2v) is 7.73. The molecule has 1 fully saturated rings. The lowest BCUT2D eigenvalue weighted by atomic mass is 10.0. The highest BCUT2D eigenvalue weighted by Gasteiger charge is 2.16. The number of carbonyl (C=O) groups excluding carboxylic acids is 2. The molecule has 0 aliphatic heterocycles. The fraction of sp³-hybridized carbons (Fsp3) is 0.348. The first-order valence-electron chi connectivity index (χ1n) is 10.3. The average molecular weight is 390 g/mol. The highest BCUT2D eigenvalue weighted by atomic mass is 16.2. The Morgan fingerprint density at radius 3 is 2.66 bits per heavy atom. The standard InChI is InChI=1S/C23H26N4O2/c28-22(10-5-17-3-1-2-4-17)26-20-8-6-19(7-9-20)23(29)25-16-18-11-13-27-14-12-24-21(27)15-18/h6-9,11-15,17H,1-5,10,16H2,(H,25,29)(H,26,28). The van der Waals surface area contributed by atoms with Crippen LogP contribution in [0, 0.1) is 5.92 Å². The van der Waals surface area contributed by atoms with Gasteiger partial charge in [-0.1, -0.05) is 25.7 Å². The molecular weight excluding hydrogens is 364 g/mol. The van der Waals surface area contributed by atoms with Crippen LogP contribution in [-0.2, 0) is 11.3 Å². The summed E-state index contributed by atoms with van der Waals surface area (Å²) in [7, 11) is 0. The first-order valence-corrected chi connectivity index (χ1v) is 10.3. The Labute approximate surface area is 170 Å². The van der Waals surface area contributed by atoms with Gasteiger partial charge in [0.15, 0.2) is 0 Å². The van der Waals surface area contributed by atoms with Crippen molar-refractivity contribution < 1.29 is 9.59 Å². The van der Waals surface area contributed by atoms with Gasteiger partial charge in [0.05, 0.1) is 0 Å². The number of anilines is 1. The molecule has 6 nitrogen and oxygen atoms in total. The summed E-state index contributed by atoms with van der Waals surface area (Å²) < 4.78 is 1.92. The molecule has 29 heavy (non-hydrogen) atoms. The third-order valence-electron chi connectivity index (χ3n) is 5.60. The fourth-order valence-corrected chi connectivity index (χ4v) is 3.91. The highest BCUT2D eigenvalue weighted by Crippen LogP contribution is 2.28. The molecule has 0 unspecified atom stereocenters. The molecule has 1 aliphatic carbocycles. The summed E-state index contributed by atoms with van der Waals surface area (Å²) in [6, 6.07) is 10.9. The molecule has 3 aromatic rings. The van der Waals surface area contributed by atoms with E-state index >= 15 is 0 Å². The fourth-order valence-electron chi connectivity index (χ4n) is 3.91. The van der Waals surface area contributed by atoms with Crippen molar-refractivity contribution in [3.63, 3.8) is 0 Å². The largest absolute Gasteiger partial charge is 0.348 e. The maximum Gasteiger partial charge on any atom is 0.251 e. The Morgan fingerprint density at radius 1 is 1.07 bits per heavy atom. The zero-order chi connectivity index (χ0) is 20.1. The molecule has 0 bridgehead atoms. The molecule has 2 amide bonds. The lowest BCUT2D eigenvalue weighted by molar-refractivity contribution is -0.116. The number of amides is 2. The number of hydrogen-bond donors (Lipinski definition) is 2. The molecule has 2 aromatic heterocycles. The zero-order valence-electron chi connectivity index (χ0n) is 16.4. The molecule has 0 saturated heterocycles. The van der Waals surface area contributed by atoms with Crippen molar-refractivity contribution in [3.05, 3.63) is 66.1 Å². The summed E-state index contributed by atoms with van der Waals surface area (Å²) in [4.78, 5) is 28.8. The van der Waals surface area contributed by atoms with Gasteiger partial charge in [-0.25, -0.2) is 4.98 Å². The topological polar surface area (TPSA) is 75.5 Å². The molecule has 0 atom stereocenters. The zero-order valence-corrected chi connectivity index (χ0v) is 16.4. The van der Waals surface area contributed by atoms with Crippen LogP contribution in [0.15, 0.2) is 55.0 Å². The molecule has 2 heterocycles. The molecule has 6 heteroatoms. The molecular formula is C23H26N4O2. The van der Waals surface area contributed by atoms with E-state index in [0.29, 0.717) is 24.4 Å². The van der Waals surface area contributed by atoms with Crippen molar-refractivity contribution in [3.8, 4) is 0 Å². The highest BCUT2D eigenvalue weighted by molar-refractivity contribution is 5.95. The smallest absolute Gasteiger partial charge is 0.251 e. The Bertz CT molecular complexity index is 988. The van der Waals surface area contributed by atoms with Gasteiger partial charge in [-0.3, -0.25) is 9.59 Å². The van der Waals surface area contributed by atoms with Crippen molar-refractivity contribution in [2.45, 2.75) is 45.1 Å². The molecule has 2 N–H and O–H groups in total. The minimum atomic E-state index is -0.146. The van der Waals surface area contributed by atoms with Crippen LogP contribution in [0.5, 0.6) is 0 Å². The Balaban J connectivity index is 1.26. The van der Waals surface area contributed by atoms with Crippen molar-refractivity contribution in [2.75, 3.05) is 5.32 Å². The quantitative estimate of drug-likeness (QED) is 0.636. The summed E-state index contributed by atoms with van der Waals surface area (Å²) >= 11 is 0. The molecule has 4 rings (SSSR count). The van der Waals surface area contributed by atoms with Gasteiger partial charge >= 0.3 is 0 Å². The number of carbonyl (C=O) groups is 2. The lowest BCUT2D eigenvalue weighted by Gasteiger charge is -2.10. The minimum Gasteiger partial charge on any atom is -0.348 e. The van der Waals surface area contributed by atoms with Crippen LogP contribution in [0.3, 0.4) is 0 Å². The van der Waals surface area contributed by atoms with Crippen molar-refractivity contribution in [2.24, 2.45) is 5.92 Å². The van der Waals surface area contributed by atoms with Crippen LogP contribution < -0.4 is 10.6 Å². The molecule has 1 aliphatic rings. The van der Waals surface area contributed by atoms with E-state index in [1.54, 1.807) is 30.5 Å². The van der Waals surface area contributed by atoms with Crippen LogP contribution in [0.25, 0.3) is 5.65 Å². The minimum absolute atomic E-state index is 0.0449. The second-order valence-electron chi connectivity index (χ2n) is 7.73. The summed E-state index contributed by atoms with van der Waals surface area (Å²) in [6.07, 6.45) is 12.2. The predicted molar refractivity (Wildman–Crippen MR) is 113 cm³/mol. The first kappa shape index (κ1) is 19.2. The van der Waals surface area contributed by atoms with Crippen LogP contribution in [-0.4, -0.2) is 21.2 Å². The van der Waals surface area contributed by atoms with Crippen molar-refractivity contribution in [1.29, 1.82) is 0 Å². The number of aromatic nitrogens is 2. The van der Waals surface area contributed by atoms with Gasteiger partial charge in [-0.2, -0.15) is 0 Å². The summed E-state index contributed by atoms with van der Waals surface area (Å²) in [6.45, 7) is 0.432. The third-order valence-corrected chi connectivity index (χ3v) is 5.60. The maximum absolute atomic E-state index is 12.4. The normalized spacial score (nSPS) is 14.2. The summed E-state index contributed by atoms with van der Waals surface area (Å²) in [5.74, 6) is 0.608. The number of fused-ring (bicyclic) bond motifs is 1. The average Bonchev–Trinajstić information content (AvgIpc) is 3.42. The van der Waals surface area contributed by atoms with Crippen LogP contribution >= 0.6 is 0 Å². The van der Waals surface area contributed by atoms with E-state index in [4.69, 9.17) is 0 Å². The Kier molecular flexibility index (Phi) is 5.89. The van der Waals surface area contributed by atoms with E-state index in [-0.39, 0.29) is 11.8 Å². The van der Waals surface area contributed by atoms with Crippen LogP contribution in [0.1, 0.15) is 54.4 Å². The van der Waals surface area contributed by atoms with Crippen LogP contribution in [0.4, 0.5) is 5.69 Å². The molecule has 0 spiro atoms. The maximum atomic E-state index is 12.4. The number of imidazole rings is 1. The lowest BCUT2D eigenvalue weighted by Crippen LogP contribution is -2.22. The third kappa shape index (κ3) is 5.02. The van der Waals surface area contributed by atoms with E-state index < -0.39 is 0 Å². The Hall–Kier alpha value is -3.15. The Morgan fingerprint density at radius 2 is 1.86 bits per heavy atom. The SMILES string of the molecule is O=C(CCC1CCCC1)Nc1ccc(C(=O)NCc2ccn3ccnc3c2)cc1. The van der Waals surface area contributed by atoms with E-state index in [9.17, 15) is 9.59 Å². The number of benzene rings is 1. The number of nitrogens with one attached hydrogen (secondary N) is 2. The van der Waals surface area contributed by atoms with Gasteiger partial charge in [0.2, 0.25) is 5.91 Å². The molecule has 150 valence electrons. The molecule has 1 saturated carbocycles. The summed E-state index contributed by atoms with van der Waals surface area (Å²) in [5, 5.41) is 5.85. The summed E-state index contributed by atoms with van der Waals surface area (Å²) in [5.41, 5.74) is 3.13. The number of hydrogen-bond acceptors (Lipinski definition) is 3. The van der Waals surface area contributed by atoms with Gasteiger partial charge in [-0.15, -0.1) is 0 Å². The van der Waals surface area contributed by atoms with Crippen molar-refractivity contribution >= 4 is 23.1 Å². The van der Waals surface area contributed by atoms with E-state index in [0.717, 1.165) is 23.3 Å². The second kappa shape index (κ2) is 8.90. The van der Waals surface area contributed by atoms with E-state index in [1.165, 1.54) is 25.7 Å². The molecule has 1 aromatic carbocycles. The van der Waals surface area contributed by atoms with Gasteiger partial charge in [0.1, 0.15) is 5.65 Å². The van der Waals surface area contributed by atoms with E-state index in [2.05, 4.69) is 15.6 Å².